The average Bonchev–Trinajstić information content (AvgIpc) is 2.96. The molecule has 1 aromatic rings. The monoisotopic (exact) mass is 282 g/mol. The first-order chi connectivity index (χ1) is 9.08. The van der Waals surface area contributed by atoms with Gasteiger partial charge in [0.15, 0.2) is 0 Å². The summed E-state index contributed by atoms with van der Waals surface area (Å²) in [7, 11) is 1.79. The smallest absolute Gasteiger partial charge is 0.317 e. The van der Waals surface area contributed by atoms with E-state index in [0.29, 0.717) is 13.1 Å². The highest BCUT2D eigenvalue weighted by atomic mass is 32.1. The van der Waals surface area contributed by atoms with Crippen LogP contribution in [0.25, 0.3) is 0 Å². The normalized spacial score (nSPS) is 22.5. The van der Waals surface area contributed by atoms with Crippen molar-refractivity contribution < 1.29 is 9.90 Å². The minimum absolute atomic E-state index is 0.0631. The summed E-state index contributed by atoms with van der Waals surface area (Å²) in [4.78, 5) is 14.9. The molecule has 0 aromatic carbocycles. The van der Waals surface area contributed by atoms with Gasteiger partial charge in [0.05, 0.1) is 12.6 Å². The molecule has 2 rings (SSSR count). The highest BCUT2D eigenvalue weighted by Gasteiger charge is 2.27. The molecule has 0 aliphatic heterocycles. The second-order valence-corrected chi connectivity index (χ2v) is 6.33. The Morgan fingerprint density at radius 2 is 2.37 bits per heavy atom. The Balaban J connectivity index is 1.77. The predicted molar refractivity (Wildman–Crippen MR) is 77.3 cm³/mol. The van der Waals surface area contributed by atoms with Gasteiger partial charge in [-0.3, -0.25) is 0 Å². The van der Waals surface area contributed by atoms with Crippen LogP contribution in [0.4, 0.5) is 4.79 Å². The number of nitrogens with one attached hydrogen (secondary N) is 1. The zero-order valence-electron chi connectivity index (χ0n) is 11.6. The maximum Gasteiger partial charge on any atom is 0.317 e. The van der Waals surface area contributed by atoms with E-state index in [-0.39, 0.29) is 18.1 Å². The maximum absolute atomic E-state index is 12.0. The molecule has 19 heavy (non-hydrogen) atoms. The van der Waals surface area contributed by atoms with Crippen molar-refractivity contribution in [2.75, 3.05) is 13.6 Å². The van der Waals surface area contributed by atoms with Gasteiger partial charge >= 0.3 is 6.03 Å². The van der Waals surface area contributed by atoms with Crippen LogP contribution < -0.4 is 5.32 Å². The van der Waals surface area contributed by atoms with Gasteiger partial charge in [-0.1, -0.05) is 6.42 Å². The van der Waals surface area contributed by atoms with E-state index in [1.165, 1.54) is 10.4 Å². The molecule has 1 aromatic heterocycles. The SMILES string of the molecule is Cc1ccsc1CNC(=O)N(C)CC1CCCC1O. The molecule has 2 unspecified atom stereocenters. The van der Waals surface area contributed by atoms with E-state index in [9.17, 15) is 9.90 Å². The summed E-state index contributed by atoms with van der Waals surface area (Å²) in [6.07, 6.45) is 2.71. The number of carbonyl (C=O) groups is 1. The molecule has 2 amide bonds. The number of aryl methyl sites for hydroxylation is 1. The molecule has 1 heterocycles. The largest absolute Gasteiger partial charge is 0.393 e. The fourth-order valence-corrected chi connectivity index (χ4v) is 3.39. The van der Waals surface area contributed by atoms with Crippen LogP contribution in [0, 0.1) is 12.8 Å². The number of urea groups is 1. The lowest BCUT2D eigenvalue weighted by atomic mass is 10.1. The van der Waals surface area contributed by atoms with Crippen LogP contribution in [0.5, 0.6) is 0 Å². The van der Waals surface area contributed by atoms with Crippen LogP contribution in [-0.2, 0) is 6.54 Å². The number of carbonyl (C=O) groups excluding carboxylic acids is 1. The lowest BCUT2D eigenvalue weighted by molar-refractivity contribution is 0.114. The van der Waals surface area contributed by atoms with Crippen LogP contribution in [0.1, 0.15) is 29.7 Å². The third-order valence-corrected chi connectivity index (χ3v) is 4.87. The van der Waals surface area contributed by atoms with E-state index in [0.717, 1.165) is 19.3 Å². The van der Waals surface area contributed by atoms with Crippen molar-refractivity contribution in [1.82, 2.24) is 10.2 Å². The molecule has 0 bridgehead atoms. The topological polar surface area (TPSA) is 52.6 Å². The second kappa shape index (κ2) is 6.39. The van der Waals surface area contributed by atoms with Gasteiger partial charge in [-0.05, 0) is 36.8 Å². The molecular weight excluding hydrogens is 260 g/mol. The fraction of sp³-hybridized carbons (Fsp3) is 0.643. The van der Waals surface area contributed by atoms with Gasteiger partial charge in [0.1, 0.15) is 0 Å². The molecule has 4 nitrogen and oxygen atoms in total. The van der Waals surface area contributed by atoms with Crippen molar-refractivity contribution in [1.29, 1.82) is 0 Å². The molecule has 1 aliphatic carbocycles. The number of rotatable bonds is 4. The van der Waals surface area contributed by atoms with E-state index in [2.05, 4.69) is 18.3 Å². The number of hydrogen-bond donors (Lipinski definition) is 2. The third kappa shape index (κ3) is 3.70. The van der Waals surface area contributed by atoms with E-state index in [4.69, 9.17) is 0 Å². The highest BCUT2D eigenvalue weighted by molar-refractivity contribution is 7.10. The minimum Gasteiger partial charge on any atom is -0.393 e. The van der Waals surface area contributed by atoms with Crippen LogP contribution >= 0.6 is 11.3 Å². The summed E-state index contributed by atoms with van der Waals surface area (Å²) in [6.45, 7) is 3.27. The van der Waals surface area contributed by atoms with Gasteiger partial charge in [-0.25, -0.2) is 4.79 Å². The second-order valence-electron chi connectivity index (χ2n) is 5.32. The number of aliphatic hydroxyl groups excluding tert-OH is 1. The average molecular weight is 282 g/mol. The molecule has 0 saturated heterocycles. The number of nitrogens with zero attached hydrogens (tertiary/aromatic N) is 1. The number of hydrogen-bond acceptors (Lipinski definition) is 3. The Bertz CT molecular complexity index is 433. The van der Waals surface area contributed by atoms with E-state index in [1.54, 1.807) is 23.3 Å². The summed E-state index contributed by atoms with van der Waals surface area (Å²) < 4.78 is 0. The van der Waals surface area contributed by atoms with Crippen LogP contribution in [0.2, 0.25) is 0 Å². The molecule has 0 spiro atoms. The minimum atomic E-state index is -0.241. The number of amides is 2. The Morgan fingerprint density at radius 1 is 1.58 bits per heavy atom. The summed E-state index contributed by atoms with van der Waals surface area (Å²) in [5, 5.41) is 14.7. The molecule has 2 atom stereocenters. The van der Waals surface area contributed by atoms with Crippen molar-refractivity contribution in [3.8, 4) is 0 Å². The van der Waals surface area contributed by atoms with E-state index >= 15 is 0 Å². The molecule has 1 saturated carbocycles. The summed E-state index contributed by atoms with van der Waals surface area (Å²) in [5.74, 6) is 0.235. The van der Waals surface area contributed by atoms with Crippen molar-refractivity contribution >= 4 is 17.4 Å². The van der Waals surface area contributed by atoms with Gasteiger partial charge in [-0.15, -0.1) is 11.3 Å². The van der Waals surface area contributed by atoms with Crippen LogP contribution in [-0.4, -0.2) is 35.7 Å². The molecular formula is C14H22N2O2S. The van der Waals surface area contributed by atoms with Gasteiger partial charge < -0.3 is 15.3 Å². The quantitative estimate of drug-likeness (QED) is 0.890. The van der Waals surface area contributed by atoms with Crippen LogP contribution in [0.3, 0.4) is 0 Å². The molecule has 2 N–H and O–H groups in total. The highest BCUT2D eigenvalue weighted by Crippen LogP contribution is 2.26. The fourth-order valence-electron chi connectivity index (χ4n) is 2.54. The summed E-state index contributed by atoms with van der Waals surface area (Å²) in [5.41, 5.74) is 1.22. The Labute approximate surface area is 118 Å². The molecule has 106 valence electrons. The Kier molecular flexibility index (Phi) is 4.82. The first kappa shape index (κ1) is 14.3. The third-order valence-electron chi connectivity index (χ3n) is 3.84. The zero-order chi connectivity index (χ0) is 13.8. The molecule has 5 heteroatoms. The molecule has 0 radical (unpaired) electrons. The number of thiophene rings is 1. The van der Waals surface area contributed by atoms with Crippen molar-refractivity contribution in [3.63, 3.8) is 0 Å². The van der Waals surface area contributed by atoms with Gasteiger partial charge in [0, 0.05) is 24.4 Å². The zero-order valence-corrected chi connectivity index (χ0v) is 12.4. The molecule has 1 fully saturated rings. The summed E-state index contributed by atoms with van der Waals surface area (Å²) in [6, 6.07) is 2.00. The van der Waals surface area contributed by atoms with E-state index in [1.807, 2.05) is 5.38 Å². The van der Waals surface area contributed by atoms with Crippen LogP contribution in [0.15, 0.2) is 11.4 Å². The standard InChI is InChI=1S/C14H22N2O2S/c1-10-6-7-19-13(10)8-15-14(18)16(2)9-11-4-3-5-12(11)17/h6-7,11-12,17H,3-5,8-9H2,1-2H3,(H,15,18). The van der Waals surface area contributed by atoms with Crippen molar-refractivity contribution in [3.05, 3.63) is 21.9 Å². The Hall–Kier alpha value is -1.07. The maximum atomic E-state index is 12.0. The van der Waals surface area contributed by atoms with E-state index < -0.39 is 0 Å². The predicted octanol–water partition coefficient (Wildman–Crippen LogP) is 2.36. The lowest BCUT2D eigenvalue weighted by Gasteiger charge is -2.23. The lowest BCUT2D eigenvalue weighted by Crippen LogP contribution is -2.40. The van der Waals surface area contributed by atoms with Gasteiger partial charge in [0.25, 0.3) is 0 Å². The van der Waals surface area contributed by atoms with Gasteiger partial charge in [0.2, 0.25) is 0 Å². The van der Waals surface area contributed by atoms with Gasteiger partial charge in [-0.2, -0.15) is 0 Å². The Morgan fingerprint density at radius 3 is 2.95 bits per heavy atom. The first-order valence-electron chi connectivity index (χ1n) is 6.78. The first-order valence-corrected chi connectivity index (χ1v) is 7.66. The molecule has 1 aliphatic rings. The van der Waals surface area contributed by atoms with Crippen molar-refractivity contribution in [2.45, 2.75) is 38.8 Å². The van der Waals surface area contributed by atoms with Crippen molar-refractivity contribution in [2.24, 2.45) is 5.92 Å². The number of aliphatic hydroxyl groups is 1. The summed E-state index contributed by atoms with van der Waals surface area (Å²) >= 11 is 1.66.